The molecule has 2 heterocycles. The van der Waals surface area contributed by atoms with Crippen molar-refractivity contribution in [2.75, 3.05) is 5.73 Å². The van der Waals surface area contributed by atoms with Crippen LogP contribution >= 0.6 is 15.9 Å². The quantitative estimate of drug-likeness (QED) is 0.745. The van der Waals surface area contributed by atoms with Gasteiger partial charge in [-0.3, -0.25) is 0 Å². The third kappa shape index (κ3) is 1.94. The first-order valence-corrected chi connectivity index (χ1v) is 6.19. The van der Waals surface area contributed by atoms with Gasteiger partial charge in [0.25, 0.3) is 0 Å². The Morgan fingerprint density at radius 1 is 1.37 bits per heavy atom. The zero-order valence-electron chi connectivity index (χ0n) is 9.59. The highest BCUT2D eigenvalue weighted by Crippen LogP contribution is 2.30. The van der Waals surface area contributed by atoms with Gasteiger partial charge in [0.2, 0.25) is 5.89 Å². The van der Waals surface area contributed by atoms with Gasteiger partial charge in [-0.2, -0.15) is 5.26 Å². The van der Waals surface area contributed by atoms with E-state index < -0.39 is 0 Å². The van der Waals surface area contributed by atoms with Crippen LogP contribution < -0.4 is 5.73 Å². The summed E-state index contributed by atoms with van der Waals surface area (Å²) in [4.78, 5) is 8.37. The highest BCUT2D eigenvalue weighted by molar-refractivity contribution is 9.10. The second-order valence-corrected chi connectivity index (χ2v) is 4.79. The number of pyridine rings is 1. The summed E-state index contributed by atoms with van der Waals surface area (Å²) in [7, 11) is 0. The molecule has 2 aromatic heterocycles. The number of rotatable bonds is 1. The van der Waals surface area contributed by atoms with Crippen LogP contribution in [0, 0.1) is 11.3 Å². The van der Waals surface area contributed by atoms with E-state index in [2.05, 4.69) is 32.0 Å². The van der Waals surface area contributed by atoms with E-state index in [4.69, 9.17) is 15.4 Å². The van der Waals surface area contributed by atoms with Crippen LogP contribution in [0.2, 0.25) is 0 Å². The van der Waals surface area contributed by atoms with Gasteiger partial charge in [0, 0.05) is 10.7 Å². The molecule has 3 rings (SSSR count). The summed E-state index contributed by atoms with van der Waals surface area (Å²) in [6, 6.07) is 9.07. The van der Waals surface area contributed by atoms with Gasteiger partial charge in [-0.1, -0.05) is 6.07 Å². The minimum Gasteiger partial charge on any atom is -0.435 e. The maximum absolute atomic E-state index is 9.03. The summed E-state index contributed by atoms with van der Waals surface area (Å²) >= 11 is 3.33. The van der Waals surface area contributed by atoms with Crippen molar-refractivity contribution in [2.45, 2.75) is 0 Å². The first kappa shape index (κ1) is 11.7. The fourth-order valence-corrected chi connectivity index (χ4v) is 2.10. The molecule has 0 fully saturated rings. The summed E-state index contributed by atoms with van der Waals surface area (Å²) in [5.41, 5.74) is 7.93. The number of hydrogen-bond donors (Lipinski definition) is 1. The third-order valence-corrected chi connectivity index (χ3v) is 3.08. The molecular weight excluding hydrogens is 308 g/mol. The minimum atomic E-state index is 0.327. The number of fused-ring (bicyclic) bond motifs is 1. The SMILES string of the molecule is N#Cc1cccc2nc(-c3cc(Br)cnc3N)oc12. The molecule has 0 saturated carbocycles. The van der Waals surface area contributed by atoms with Crippen LogP contribution in [0.5, 0.6) is 0 Å². The van der Waals surface area contributed by atoms with Gasteiger partial charge in [-0.25, -0.2) is 9.97 Å². The average Bonchev–Trinajstić information content (AvgIpc) is 2.85. The van der Waals surface area contributed by atoms with E-state index in [9.17, 15) is 0 Å². The van der Waals surface area contributed by atoms with Crippen molar-refractivity contribution in [1.29, 1.82) is 5.26 Å². The largest absolute Gasteiger partial charge is 0.435 e. The van der Waals surface area contributed by atoms with Crippen LogP contribution in [0.15, 0.2) is 39.4 Å². The first-order valence-electron chi connectivity index (χ1n) is 5.40. The number of nitrogen functional groups attached to an aromatic ring is 1. The lowest BCUT2D eigenvalue weighted by Crippen LogP contribution is -1.93. The Morgan fingerprint density at radius 2 is 2.21 bits per heavy atom. The van der Waals surface area contributed by atoms with Gasteiger partial charge in [-0.05, 0) is 34.1 Å². The van der Waals surface area contributed by atoms with Crippen LogP contribution in [-0.2, 0) is 0 Å². The summed E-state index contributed by atoms with van der Waals surface area (Å²) in [5, 5.41) is 9.03. The fraction of sp³-hybridized carbons (Fsp3) is 0. The molecule has 0 spiro atoms. The van der Waals surface area contributed by atoms with Crippen molar-refractivity contribution in [3.05, 3.63) is 40.5 Å². The number of anilines is 1. The summed E-state index contributed by atoms with van der Waals surface area (Å²) < 4.78 is 6.41. The van der Waals surface area contributed by atoms with Crippen molar-refractivity contribution in [1.82, 2.24) is 9.97 Å². The molecule has 0 aliphatic heterocycles. The number of oxazole rings is 1. The number of nitriles is 1. The summed E-state index contributed by atoms with van der Waals surface area (Å²) in [6.45, 7) is 0. The van der Waals surface area contributed by atoms with Gasteiger partial charge in [0.15, 0.2) is 5.58 Å². The lowest BCUT2D eigenvalue weighted by Gasteiger charge is -2.00. The third-order valence-electron chi connectivity index (χ3n) is 2.65. The second kappa shape index (κ2) is 4.37. The molecule has 19 heavy (non-hydrogen) atoms. The van der Waals surface area contributed by atoms with Gasteiger partial charge in [-0.15, -0.1) is 0 Å². The maximum Gasteiger partial charge on any atom is 0.231 e. The second-order valence-electron chi connectivity index (χ2n) is 3.87. The summed E-state index contributed by atoms with van der Waals surface area (Å²) in [5.74, 6) is 0.678. The number of nitrogens with zero attached hydrogens (tertiary/aromatic N) is 3. The lowest BCUT2D eigenvalue weighted by atomic mass is 10.2. The first-order chi connectivity index (χ1) is 9.19. The van der Waals surface area contributed by atoms with Crippen molar-refractivity contribution < 1.29 is 4.42 Å². The standard InChI is InChI=1S/C13H7BrN4O/c14-8-4-9(12(16)17-6-8)13-18-10-3-1-2-7(5-15)11(10)19-13/h1-4,6H,(H2,16,17). The number of benzene rings is 1. The molecule has 2 N–H and O–H groups in total. The molecular formula is C13H7BrN4O. The number of hydrogen-bond acceptors (Lipinski definition) is 5. The minimum absolute atomic E-state index is 0.327. The number of para-hydroxylation sites is 1. The molecule has 3 aromatic rings. The predicted molar refractivity (Wildman–Crippen MR) is 74.1 cm³/mol. The van der Waals surface area contributed by atoms with Crippen molar-refractivity contribution >= 4 is 32.8 Å². The molecule has 6 heteroatoms. The molecule has 0 bridgehead atoms. The van der Waals surface area contributed by atoms with E-state index in [1.54, 1.807) is 30.5 Å². The number of aromatic nitrogens is 2. The van der Waals surface area contributed by atoms with Crippen LogP contribution in [-0.4, -0.2) is 9.97 Å². The van der Waals surface area contributed by atoms with Crippen molar-refractivity contribution in [2.24, 2.45) is 0 Å². The van der Waals surface area contributed by atoms with Gasteiger partial charge >= 0.3 is 0 Å². The van der Waals surface area contributed by atoms with Crippen molar-refractivity contribution in [3.8, 4) is 17.5 Å². The van der Waals surface area contributed by atoms with E-state index >= 15 is 0 Å². The normalized spacial score (nSPS) is 10.5. The molecule has 0 amide bonds. The topological polar surface area (TPSA) is 88.7 Å². The Balaban J connectivity index is 2.27. The van der Waals surface area contributed by atoms with Crippen LogP contribution in [0.3, 0.4) is 0 Å². The maximum atomic E-state index is 9.03. The molecule has 5 nitrogen and oxygen atoms in total. The van der Waals surface area contributed by atoms with Crippen molar-refractivity contribution in [3.63, 3.8) is 0 Å². The van der Waals surface area contributed by atoms with E-state index in [-0.39, 0.29) is 0 Å². The van der Waals surface area contributed by atoms with Gasteiger partial charge < -0.3 is 10.2 Å². The Kier molecular flexibility index (Phi) is 2.69. The molecule has 0 aliphatic carbocycles. The molecule has 0 aliphatic rings. The monoisotopic (exact) mass is 314 g/mol. The Bertz CT molecular complexity index is 819. The molecule has 0 radical (unpaired) electrons. The van der Waals surface area contributed by atoms with Crippen LogP contribution in [0.25, 0.3) is 22.6 Å². The van der Waals surface area contributed by atoms with Crippen LogP contribution in [0.4, 0.5) is 5.82 Å². The Morgan fingerprint density at radius 3 is 3.00 bits per heavy atom. The fourth-order valence-electron chi connectivity index (χ4n) is 1.77. The van der Waals surface area contributed by atoms with Gasteiger partial charge in [0.05, 0.1) is 11.1 Å². The molecule has 0 atom stereocenters. The average molecular weight is 315 g/mol. The molecule has 92 valence electrons. The Hall–Kier alpha value is -2.39. The van der Waals surface area contributed by atoms with E-state index in [1.807, 2.05) is 0 Å². The van der Waals surface area contributed by atoms with E-state index in [0.29, 0.717) is 33.9 Å². The lowest BCUT2D eigenvalue weighted by molar-refractivity contribution is 0.619. The van der Waals surface area contributed by atoms with Gasteiger partial charge in [0.1, 0.15) is 17.4 Å². The molecule has 0 saturated heterocycles. The van der Waals surface area contributed by atoms with E-state index in [1.165, 1.54) is 0 Å². The predicted octanol–water partition coefficient (Wildman–Crippen LogP) is 3.11. The number of halogens is 1. The zero-order valence-corrected chi connectivity index (χ0v) is 11.2. The number of nitrogens with two attached hydrogens (primary N) is 1. The van der Waals surface area contributed by atoms with E-state index in [0.717, 1.165) is 4.47 Å². The zero-order chi connectivity index (χ0) is 13.4. The summed E-state index contributed by atoms with van der Waals surface area (Å²) in [6.07, 6.45) is 1.60. The highest BCUT2D eigenvalue weighted by atomic mass is 79.9. The highest BCUT2D eigenvalue weighted by Gasteiger charge is 2.14. The molecule has 1 aromatic carbocycles. The molecule has 0 unspecified atom stereocenters. The Labute approximate surface area is 116 Å². The van der Waals surface area contributed by atoms with Crippen LogP contribution in [0.1, 0.15) is 5.56 Å². The smallest absolute Gasteiger partial charge is 0.231 e.